The minimum atomic E-state index is -1.98. The van der Waals surface area contributed by atoms with Crippen LogP contribution < -0.4 is 4.90 Å². The van der Waals surface area contributed by atoms with Crippen molar-refractivity contribution in [3.8, 4) is 0 Å². The fraction of sp³-hybridized carbons (Fsp3) is 0.130. The zero-order valence-electron chi connectivity index (χ0n) is 15.3. The molecule has 4 nitrogen and oxygen atoms in total. The second-order valence-electron chi connectivity index (χ2n) is 7.00. The van der Waals surface area contributed by atoms with Gasteiger partial charge in [0.05, 0.1) is 18.7 Å². The van der Waals surface area contributed by atoms with E-state index in [0.29, 0.717) is 16.3 Å². The predicted octanol–water partition coefficient (Wildman–Crippen LogP) is 4.49. The number of fused-ring (bicyclic) bond motifs is 1. The second-order valence-corrected chi connectivity index (χ2v) is 7.44. The van der Waals surface area contributed by atoms with E-state index in [-0.39, 0.29) is 12.1 Å². The number of carbonyl (C=O) groups is 2. The maximum atomic E-state index is 13.2. The molecule has 6 heteroatoms. The van der Waals surface area contributed by atoms with E-state index in [1.165, 1.54) is 29.2 Å². The van der Waals surface area contributed by atoms with Gasteiger partial charge in [-0.1, -0.05) is 41.9 Å². The largest absolute Gasteiger partial charge is 0.375 e. The van der Waals surface area contributed by atoms with E-state index in [1.807, 2.05) is 0 Å². The molecular formula is C23H17ClFNO3. The van der Waals surface area contributed by atoms with Crippen molar-refractivity contribution < 1.29 is 19.1 Å². The number of nitrogens with zero attached hydrogens (tertiary/aromatic N) is 1. The van der Waals surface area contributed by atoms with Crippen LogP contribution in [0.25, 0.3) is 0 Å². The first-order valence-corrected chi connectivity index (χ1v) is 9.43. The summed E-state index contributed by atoms with van der Waals surface area (Å²) in [5.41, 5.74) is 0.0401. The maximum absolute atomic E-state index is 13.2. The monoisotopic (exact) mass is 409 g/mol. The van der Waals surface area contributed by atoms with Crippen molar-refractivity contribution in [1.82, 2.24) is 0 Å². The first-order chi connectivity index (χ1) is 13.9. The molecule has 1 atom stereocenters. The van der Waals surface area contributed by atoms with E-state index in [1.54, 1.807) is 48.5 Å². The molecule has 3 aromatic carbocycles. The second kappa shape index (κ2) is 7.43. The van der Waals surface area contributed by atoms with Crippen LogP contribution >= 0.6 is 11.6 Å². The fourth-order valence-electron chi connectivity index (χ4n) is 3.58. The lowest BCUT2D eigenvalue weighted by Crippen LogP contribution is -2.41. The molecule has 0 bridgehead atoms. The zero-order valence-corrected chi connectivity index (χ0v) is 16.1. The molecule has 146 valence electrons. The highest BCUT2D eigenvalue weighted by Gasteiger charge is 2.50. The summed E-state index contributed by atoms with van der Waals surface area (Å²) in [5.74, 6) is -1.47. The topological polar surface area (TPSA) is 57.6 Å². The maximum Gasteiger partial charge on any atom is 0.264 e. The third kappa shape index (κ3) is 3.55. The van der Waals surface area contributed by atoms with Gasteiger partial charge in [-0.3, -0.25) is 9.59 Å². The lowest BCUT2D eigenvalue weighted by molar-refractivity contribution is -0.136. The molecule has 0 aromatic heterocycles. The van der Waals surface area contributed by atoms with Crippen molar-refractivity contribution in [2.24, 2.45) is 0 Å². The summed E-state index contributed by atoms with van der Waals surface area (Å²) in [6, 6.07) is 19.0. The summed E-state index contributed by atoms with van der Waals surface area (Å²) < 4.78 is 13.1. The summed E-state index contributed by atoms with van der Waals surface area (Å²) in [6.45, 7) is 0.236. The highest BCUT2D eigenvalue weighted by Crippen LogP contribution is 2.43. The van der Waals surface area contributed by atoms with Crippen molar-refractivity contribution >= 4 is 29.0 Å². The Morgan fingerprint density at radius 2 is 1.66 bits per heavy atom. The van der Waals surface area contributed by atoms with Crippen LogP contribution in [0.1, 0.15) is 27.9 Å². The Bertz CT molecular complexity index is 1080. The molecule has 3 aromatic rings. The van der Waals surface area contributed by atoms with Gasteiger partial charge in [-0.05, 0) is 48.0 Å². The van der Waals surface area contributed by atoms with Gasteiger partial charge in [0.25, 0.3) is 5.91 Å². The number of Topliss-reactive ketones (excluding diaryl/α,β-unsaturated/α-hetero) is 1. The Morgan fingerprint density at radius 1 is 1.00 bits per heavy atom. The quantitative estimate of drug-likeness (QED) is 0.632. The van der Waals surface area contributed by atoms with Gasteiger partial charge in [-0.2, -0.15) is 0 Å². The Hall–Kier alpha value is -3.02. The van der Waals surface area contributed by atoms with Crippen molar-refractivity contribution in [1.29, 1.82) is 0 Å². The van der Waals surface area contributed by atoms with E-state index in [2.05, 4.69) is 0 Å². The molecule has 0 unspecified atom stereocenters. The summed E-state index contributed by atoms with van der Waals surface area (Å²) in [6.07, 6.45) is -0.425. The number of anilines is 1. The summed E-state index contributed by atoms with van der Waals surface area (Å²) in [5, 5.41) is 11.9. The Balaban J connectivity index is 1.66. The SMILES string of the molecule is O=C(C[C@]1(O)C(=O)N(Cc2ccc(Cl)cc2)c2ccccc21)c1ccc(F)cc1. The Kier molecular flexibility index (Phi) is 4.94. The van der Waals surface area contributed by atoms with Gasteiger partial charge in [-0.15, -0.1) is 0 Å². The lowest BCUT2D eigenvalue weighted by atomic mass is 9.88. The Morgan fingerprint density at radius 3 is 2.34 bits per heavy atom. The van der Waals surface area contributed by atoms with E-state index in [9.17, 15) is 19.1 Å². The van der Waals surface area contributed by atoms with Gasteiger partial charge in [-0.25, -0.2) is 4.39 Å². The van der Waals surface area contributed by atoms with Gasteiger partial charge in [0.2, 0.25) is 0 Å². The molecule has 0 saturated heterocycles. The highest BCUT2D eigenvalue weighted by atomic mass is 35.5. The molecule has 0 saturated carbocycles. The van der Waals surface area contributed by atoms with Crippen molar-refractivity contribution in [2.75, 3.05) is 4.90 Å². The minimum Gasteiger partial charge on any atom is -0.375 e. The number of hydrogen-bond acceptors (Lipinski definition) is 3. The predicted molar refractivity (Wildman–Crippen MR) is 108 cm³/mol. The lowest BCUT2D eigenvalue weighted by Gasteiger charge is -2.23. The van der Waals surface area contributed by atoms with Crippen molar-refractivity contribution in [3.05, 3.63) is 100 Å². The zero-order chi connectivity index (χ0) is 20.6. The summed E-state index contributed by atoms with van der Waals surface area (Å²) in [4.78, 5) is 27.4. The first kappa shape index (κ1) is 19.3. The van der Waals surface area contributed by atoms with Crippen LogP contribution in [0.3, 0.4) is 0 Å². The number of benzene rings is 3. The molecule has 1 N–H and O–H groups in total. The standard InChI is InChI=1S/C23H17ClFNO3/c24-17-9-5-15(6-10-17)14-26-20-4-2-1-3-19(20)23(29,22(26)28)13-21(27)16-7-11-18(25)12-8-16/h1-12,29H,13-14H2/t23-/m1/s1. The van der Waals surface area contributed by atoms with Crippen LogP contribution in [0, 0.1) is 5.82 Å². The van der Waals surface area contributed by atoms with Gasteiger partial charge in [0, 0.05) is 16.1 Å². The molecule has 0 spiro atoms. The van der Waals surface area contributed by atoms with Crippen molar-refractivity contribution in [3.63, 3.8) is 0 Å². The number of para-hydroxylation sites is 1. The number of aliphatic hydroxyl groups is 1. The van der Waals surface area contributed by atoms with E-state index in [0.717, 1.165) is 5.56 Å². The van der Waals surface area contributed by atoms with Gasteiger partial charge in [0.1, 0.15) is 5.82 Å². The molecule has 1 amide bonds. The normalized spacial score (nSPS) is 18.0. The average molecular weight is 410 g/mol. The smallest absolute Gasteiger partial charge is 0.264 e. The van der Waals surface area contributed by atoms with Crippen LogP contribution in [0.15, 0.2) is 72.8 Å². The third-order valence-corrected chi connectivity index (χ3v) is 5.33. The summed E-state index contributed by atoms with van der Waals surface area (Å²) >= 11 is 5.93. The molecule has 0 fully saturated rings. The molecule has 1 aliphatic heterocycles. The van der Waals surface area contributed by atoms with Crippen molar-refractivity contribution in [2.45, 2.75) is 18.6 Å². The van der Waals surface area contributed by atoms with Gasteiger partial charge < -0.3 is 10.0 Å². The summed E-state index contributed by atoms with van der Waals surface area (Å²) in [7, 11) is 0. The number of amides is 1. The van der Waals surface area contributed by atoms with Crippen LogP contribution in [0.5, 0.6) is 0 Å². The number of hydrogen-bond donors (Lipinski definition) is 1. The third-order valence-electron chi connectivity index (χ3n) is 5.08. The molecule has 1 aliphatic rings. The molecule has 1 heterocycles. The molecular weight excluding hydrogens is 393 g/mol. The number of halogens is 2. The fourth-order valence-corrected chi connectivity index (χ4v) is 3.70. The number of ketones is 1. The van der Waals surface area contributed by atoms with Crippen LogP contribution in [-0.2, 0) is 16.9 Å². The number of carbonyl (C=O) groups excluding carboxylic acids is 2. The Labute approximate surface area is 172 Å². The minimum absolute atomic E-state index is 0.236. The molecule has 0 radical (unpaired) electrons. The average Bonchev–Trinajstić information content (AvgIpc) is 2.92. The van der Waals surface area contributed by atoms with Gasteiger partial charge >= 0.3 is 0 Å². The molecule has 0 aliphatic carbocycles. The van der Waals surface area contributed by atoms with E-state index in [4.69, 9.17) is 11.6 Å². The van der Waals surface area contributed by atoms with E-state index < -0.39 is 29.5 Å². The highest BCUT2D eigenvalue weighted by molar-refractivity contribution is 6.30. The van der Waals surface area contributed by atoms with E-state index >= 15 is 0 Å². The molecule has 4 rings (SSSR count). The molecule has 29 heavy (non-hydrogen) atoms. The van der Waals surface area contributed by atoms with Crippen LogP contribution in [0.4, 0.5) is 10.1 Å². The number of rotatable bonds is 5. The first-order valence-electron chi connectivity index (χ1n) is 9.05. The van der Waals surface area contributed by atoms with Gasteiger partial charge in [0.15, 0.2) is 11.4 Å². The van der Waals surface area contributed by atoms with Crippen LogP contribution in [-0.4, -0.2) is 16.8 Å². The van der Waals surface area contributed by atoms with Crippen LogP contribution in [0.2, 0.25) is 5.02 Å².